The first-order valence-corrected chi connectivity index (χ1v) is 11.6. The zero-order chi connectivity index (χ0) is 23.3. The van der Waals surface area contributed by atoms with Crippen LogP contribution in [-0.4, -0.2) is 48.8 Å². The highest BCUT2D eigenvalue weighted by Gasteiger charge is 2.26. The molecule has 0 radical (unpaired) electrons. The molecule has 5 heteroatoms. The molecule has 2 N–H and O–H groups in total. The van der Waals surface area contributed by atoms with E-state index in [1.807, 2.05) is 6.92 Å². The van der Waals surface area contributed by atoms with Gasteiger partial charge in [-0.1, -0.05) is 52.2 Å². The lowest BCUT2D eigenvalue weighted by molar-refractivity contribution is 0.00390. The zero-order valence-corrected chi connectivity index (χ0v) is 20.3. The van der Waals surface area contributed by atoms with Gasteiger partial charge in [-0.05, 0) is 55.7 Å². The Balaban J connectivity index is 3.07. The molecule has 5 nitrogen and oxygen atoms in total. The highest BCUT2D eigenvalue weighted by Crippen LogP contribution is 2.39. The Morgan fingerprint density at radius 3 is 2.42 bits per heavy atom. The smallest absolute Gasteiger partial charge is 0.164 e. The summed E-state index contributed by atoms with van der Waals surface area (Å²) >= 11 is 0. The van der Waals surface area contributed by atoms with Crippen molar-refractivity contribution in [3.8, 4) is 11.5 Å². The van der Waals surface area contributed by atoms with Crippen LogP contribution >= 0.6 is 0 Å². The Labute approximate surface area is 189 Å². The molecule has 0 bridgehead atoms. The molecule has 0 aliphatic rings. The van der Waals surface area contributed by atoms with E-state index >= 15 is 0 Å². The molecule has 0 spiro atoms. The first-order valence-electron chi connectivity index (χ1n) is 11.6. The number of aliphatic hydroxyl groups excluding tert-OH is 1. The number of aryl methyl sites for hydroxylation is 1. The Morgan fingerprint density at radius 1 is 1.03 bits per heavy atom. The van der Waals surface area contributed by atoms with E-state index in [-0.39, 0.29) is 18.6 Å². The van der Waals surface area contributed by atoms with Crippen LogP contribution in [0.1, 0.15) is 77.3 Å². The van der Waals surface area contributed by atoms with Gasteiger partial charge in [0.05, 0.1) is 25.4 Å². The number of benzene rings is 1. The highest BCUT2D eigenvalue weighted by molar-refractivity contribution is 5.50. The van der Waals surface area contributed by atoms with Gasteiger partial charge in [0.25, 0.3) is 0 Å². The predicted molar refractivity (Wildman–Crippen MR) is 127 cm³/mol. The van der Waals surface area contributed by atoms with Gasteiger partial charge in [0, 0.05) is 0 Å². The van der Waals surface area contributed by atoms with Gasteiger partial charge >= 0.3 is 0 Å². The number of unbranched alkanes of at least 4 members (excludes halogenated alkanes) is 2. The van der Waals surface area contributed by atoms with Crippen molar-refractivity contribution in [2.45, 2.75) is 84.2 Å². The second-order valence-electron chi connectivity index (χ2n) is 9.26. The summed E-state index contributed by atoms with van der Waals surface area (Å²) in [5.41, 5.74) is 1.29. The van der Waals surface area contributed by atoms with Gasteiger partial charge < -0.3 is 24.4 Å². The average Bonchev–Trinajstić information content (AvgIpc) is 2.71. The normalized spacial score (nSPS) is 13.6. The van der Waals surface area contributed by atoms with E-state index in [0.29, 0.717) is 37.7 Å². The maximum absolute atomic E-state index is 10.7. The first-order chi connectivity index (χ1) is 14.7. The topological polar surface area (TPSA) is 68.2 Å². The minimum atomic E-state index is -0.948. The van der Waals surface area contributed by atoms with E-state index in [4.69, 9.17) is 19.3 Å². The monoisotopic (exact) mass is 436 g/mol. The summed E-state index contributed by atoms with van der Waals surface area (Å²) in [4.78, 5) is 0. The standard InChI is InChI=1S/C26H44O5/c1-7-9-11-12-25(4,5)22-18-21(3)24(30-17-16-29-15-14-27)23(19-22)31-20-26(6,28)13-10-8-2/h8,18-19,27-28H,2,7,9-17,20H2,1,3-6H3. The molecule has 0 aromatic heterocycles. The Morgan fingerprint density at radius 2 is 1.77 bits per heavy atom. The van der Waals surface area contributed by atoms with E-state index in [9.17, 15) is 5.11 Å². The molecule has 0 amide bonds. The van der Waals surface area contributed by atoms with Crippen LogP contribution in [0.4, 0.5) is 0 Å². The fourth-order valence-electron chi connectivity index (χ4n) is 3.47. The highest BCUT2D eigenvalue weighted by atomic mass is 16.5. The summed E-state index contributed by atoms with van der Waals surface area (Å²) in [7, 11) is 0. The number of hydrogen-bond donors (Lipinski definition) is 2. The summed E-state index contributed by atoms with van der Waals surface area (Å²) in [5, 5.41) is 19.5. The molecule has 0 fully saturated rings. The van der Waals surface area contributed by atoms with Gasteiger partial charge in [0.1, 0.15) is 13.2 Å². The van der Waals surface area contributed by atoms with Gasteiger partial charge in [0.15, 0.2) is 11.5 Å². The molecular formula is C26H44O5. The van der Waals surface area contributed by atoms with Crippen LogP contribution in [0.5, 0.6) is 11.5 Å². The summed E-state index contributed by atoms with van der Waals surface area (Å²) in [6.45, 7) is 15.5. The third-order valence-corrected chi connectivity index (χ3v) is 5.56. The molecule has 1 rings (SSSR count). The van der Waals surface area contributed by atoms with E-state index in [1.54, 1.807) is 13.0 Å². The molecule has 1 atom stereocenters. The van der Waals surface area contributed by atoms with Crippen molar-refractivity contribution in [1.29, 1.82) is 0 Å². The Hall–Kier alpha value is -1.56. The summed E-state index contributed by atoms with van der Waals surface area (Å²) < 4.78 is 17.4. The zero-order valence-electron chi connectivity index (χ0n) is 20.3. The van der Waals surface area contributed by atoms with Crippen LogP contribution in [0.2, 0.25) is 0 Å². The summed E-state index contributed by atoms with van der Waals surface area (Å²) in [6, 6.07) is 4.24. The van der Waals surface area contributed by atoms with Gasteiger partial charge in [-0.2, -0.15) is 0 Å². The van der Waals surface area contributed by atoms with Crippen molar-refractivity contribution in [1.82, 2.24) is 0 Å². The number of aliphatic hydroxyl groups is 2. The summed E-state index contributed by atoms with van der Waals surface area (Å²) in [5.74, 6) is 1.33. The third-order valence-electron chi connectivity index (χ3n) is 5.56. The third kappa shape index (κ3) is 10.1. The molecule has 0 aliphatic carbocycles. The fraction of sp³-hybridized carbons (Fsp3) is 0.692. The van der Waals surface area contributed by atoms with Crippen molar-refractivity contribution in [3.05, 3.63) is 35.9 Å². The molecule has 1 aromatic carbocycles. The summed E-state index contributed by atoms with van der Waals surface area (Å²) in [6.07, 6.45) is 7.84. The quantitative estimate of drug-likeness (QED) is 0.255. The van der Waals surface area contributed by atoms with Crippen molar-refractivity contribution in [3.63, 3.8) is 0 Å². The fourth-order valence-corrected chi connectivity index (χ4v) is 3.47. The van der Waals surface area contributed by atoms with Crippen molar-refractivity contribution < 1.29 is 24.4 Å². The Bertz CT molecular complexity index is 651. The minimum absolute atomic E-state index is 0.00497. The molecular weight excluding hydrogens is 392 g/mol. The van der Waals surface area contributed by atoms with Crippen LogP contribution < -0.4 is 9.47 Å². The number of allylic oxidation sites excluding steroid dienone is 1. The van der Waals surface area contributed by atoms with Gasteiger partial charge in [-0.3, -0.25) is 0 Å². The minimum Gasteiger partial charge on any atom is -0.487 e. The molecule has 0 heterocycles. The lowest BCUT2D eigenvalue weighted by Crippen LogP contribution is -2.32. The van der Waals surface area contributed by atoms with Gasteiger partial charge in [-0.15, -0.1) is 6.58 Å². The Kier molecular flexibility index (Phi) is 12.2. The van der Waals surface area contributed by atoms with Crippen molar-refractivity contribution in [2.75, 3.05) is 33.0 Å². The first kappa shape index (κ1) is 27.5. The average molecular weight is 437 g/mol. The van der Waals surface area contributed by atoms with Crippen molar-refractivity contribution in [2.24, 2.45) is 0 Å². The lowest BCUT2D eigenvalue weighted by Gasteiger charge is -2.29. The van der Waals surface area contributed by atoms with Crippen LogP contribution in [0, 0.1) is 6.92 Å². The molecule has 1 unspecified atom stereocenters. The number of hydrogen-bond acceptors (Lipinski definition) is 5. The van der Waals surface area contributed by atoms with E-state index in [2.05, 4.69) is 39.5 Å². The van der Waals surface area contributed by atoms with Crippen LogP contribution in [0.15, 0.2) is 24.8 Å². The maximum atomic E-state index is 10.7. The second kappa shape index (κ2) is 13.8. The van der Waals surface area contributed by atoms with Crippen LogP contribution in [0.25, 0.3) is 0 Å². The lowest BCUT2D eigenvalue weighted by atomic mass is 9.79. The molecule has 178 valence electrons. The second-order valence-corrected chi connectivity index (χ2v) is 9.26. The largest absolute Gasteiger partial charge is 0.487 e. The number of rotatable bonds is 17. The van der Waals surface area contributed by atoms with Gasteiger partial charge in [-0.25, -0.2) is 0 Å². The molecule has 31 heavy (non-hydrogen) atoms. The predicted octanol–water partition coefficient (Wildman–Crippen LogP) is 5.34. The van der Waals surface area contributed by atoms with Crippen molar-refractivity contribution >= 4 is 0 Å². The number of ether oxygens (including phenoxy) is 3. The van der Waals surface area contributed by atoms with Crippen LogP contribution in [0.3, 0.4) is 0 Å². The molecule has 0 saturated carbocycles. The SMILES string of the molecule is C=CCCC(C)(O)COc1cc(C(C)(C)CCCCC)cc(C)c1OCCOCCO. The molecule has 1 aromatic rings. The maximum Gasteiger partial charge on any atom is 0.164 e. The van der Waals surface area contributed by atoms with Gasteiger partial charge in [0.2, 0.25) is 0 Å². The molecule has 0 aliphatic heterocycles. The van der Waals surface area contributed by atoms with Crippen LogP contribution in [-0.2, 0) is 10.2 Å². The van der Waals surface area contributed by atoms with E-state index < -0.39 is 5.60 Å². The van der Waals surface area contributed by atoms with E-state index in [1.165, 1.54) is 24.8 Å². The van der Waals surface area contributed by atoms with E-state index in [0.717, 1.165) is 18.4 Å². The molecule has 0 saturated heterocycles.